The molecule has 5 nitrogen and oxygen atoms in total. The van der Waals surface area contributed by atoms with Crippen LogP contribution in [-0.2, 0) is 0 Å². The minimum absolute atomic E-state index is 0.0941. The monoisotopic (exact) mass is 247 g/mol. The van der Waals surface area contributed by atoms with E-state index in [0.29, 0.717) is 11.3 Å². The van der Waals surface area contributed by atoms with E-state index in [1.165, 1.54) is 24.3 Å². The molecule has 92 valence electrons. The third kappa shape index (κ3) is 2.27. The summed E-state index contributed by atoms with van der Waals surface area (Å²) in [5, 5.41) is 13.4. The van der Waals surface area contributed by atoms with Crippen LogP contribution in [0.25, 0.3) is 11.3 Å². The van der Waals surface area contributed by atoms with Crippen LogP contribution in [-0.4, -0.2) is 17.0 Å². The summed E-state index contributed by atoms with van der Waals surface area (Å²) in [5.74, 6) is -0.156. The Hall–Kier alpha value is -2.50. The van der Waals surface area contributed by atoms with Gasteiger partial charge in [0.1, 0.15) is 5.82 Å². The van der Waals surface area contributed by atoms with Crippen molar-refractivity contribution in [1.82, 2.24) is 4.98 Å². The van der Waals surface area contributed by atoms with E-state index in [1.54, 1.807) is 19.2 Å². The summed E-state index contributed by atoms with van der Waals surface area (Å²) in [6, 6.07) is 8.69. The van der Waals surface area contributed by atoms with Gasteiger partial charge in [0, 0.05) is 18.7 Å². The predicted molar refractivity (Wildman–Crippen MR) is 65.8 cm³/mol. The Kier molecular flexibility index (Phi) is 3.18. The van der Waals surface area contributed by atoms with Crippen LogP contribution in [0.2, 0.25) is 0 Å². The number of hydrogen-bond acceptors (Lipinski definition) is 4. The first-order valence-corrected chi connectivity index (χ1v) is 5.21. The molecule has 1 N–H and O–H groups in total. The number of nitro groups is 1. The second-order valence-electron chi connectivity index (χ2n) is 3.58. The lowest BCUT2D eigenvalue weighted by Crippen LogP contribution is -2.00. The number of nitrogens with one attached hydrogen (secondary N) is 1. The van der Waals surface area contributed by atoms with Crippen molar-refractivity contribution in [3.05, 3.63) is 52.3 Å². The Morgan fingerprint density at radius 1 is 1.22 bits per heavy atom. The fourth-order valence-corrected chi connectivity index (χ4v) is 1.56. The first kappa shape index (κ1) is 12.0. The largest absolute Gasteiger partial charge is 0.367 e. The van der Waals surface area contributed by atoms with Crippen LogP contribution in [0.3, 0.4) is 0 Å². The lowest BCUT2D eigenvalue weighted by Gasteiger charge is -2.05. The lowest BCUT2D eigenvalue weighted by atomic mass is 10.1. The molecule has 0 saturated carbocycles. The topological polar surface area (TPSA) is 68.1 Å². The average molecular weight is 247 g/mol. The van der Waals surface area contributed by atoms with Gasteiger partial charge in [0.25, 0.3) is 0 Å². The van der Waals surface area contributed by atoms with Gasteiger partial charge in [0.2, 0.25) is 5.82 Å². The summed E-state index contributed by atoms with van der Waals surface area (Å²) in [5.41, 5.74) is 1.15. The number of halogens is 1. The molecule has 1 heterocycles. The van der Waals surface area contributed by atoms with E-state index in [-0.39, 0.29) is 17.3 Å². The van der Waals surface area contributed by atoms with Gasteiger partial charge >= 0.3 is 5.69 Å². The van der Waals surface area contributed by atoms with Crippen molar-refractivity contribution in [2.24, 2.45) is 0 Å². The van der Waals surface area contributed by atoms with Crippen LogP contribution < -0.4 is 5.32 Å². The van der Waals surface area contributed by atoms with Crippen LogP contribution in [0.1, 0.15) is 0 Å². The minimum atomic E-state index is -0.507. The molecule has 0 atom stereocenters. The van der Waals surface area contributed by atoms with Gasteiger partial charge in [0.05, 0.1) is 10.6 Å². The summed E-state index contributed by atoms with van der Waals surface area (Å²) in [7, 11) is 1.56. The van der Waals surface area contributed by atoms with E-state index >= 15 is 0 Å². The van der Waals surface area contributed by atoms with Crippen molar-refractivity contribution >= 4 is 11.5 Å². The van der Waals surface area contributed by atoms with Gasteiger partial charge in [0.15, 0.2) is 0 Å². The first-order valence-electron chi connectivity index (χ1n) is 5.21. The Morgan fingerprint density at radius 3 is 2.44 bits per heavy atom. The summed E-state index contributed by atoms with van der Waals surface area (Å²) in [4.78, 5) is 14.4. The molecule has 0 bridgehead atoms. The van der Waals surface area contributed by atoms with Crippen molar-refractivity contribution in [1.29, 1.82) is 0 Å². The van der Waals surface area contributed by atoms with Crippen LogP contribution in [0.5, 0.6) is 0 Å². The summed E-state index contributed by atoms with van der Waals surface area (Å²) in [6.07, 6.45) is 0. The van der Waals surface area contributed by atoms with Crippen molar-refractivity contribution in [2.45, 2.75) is 0 Å². The maximum atomic E-state index is 12.8. The molecule has 0 aliphatic carbocycles. The quantitative estimate of drug-likeness (QED) is 0.668. The number of nitrogens with zero attached hydrogens (tertiary/aromatic N) is 2. The van der Waals surface area contributed by atoms with E-state index in [9.17, 15) is 14.5 Å². The average Bonchev–Trinajstić information content (AvgIpc) is 2.38. The highest BCUT2D eigenvalue weighted by Gasteiger charge is 2.15. The van der Waals surface area contributed by atoms with Crippen molar-refractivity contribution in [3.8, 4) is 11.3 Å². The lowest BCUT2D eigenvalue weighted by molar-refractivity contribution is -0.384. The molecular formula is C12H10FN3O2. The van der Waals surface area contributed by atoms with Gasteiger partial charge in [-0.15, -0.1) is 0 Å². The first-order chi connectivity index (χ1) is 8.61. The van der Waals surface area contributed by atoms with Gasteiger partial charge in [-0.3, -0.25) is 10.1 Å². The Labute approximate surface area is 102 Å². The minimum Gasteiger partial charge on any atom is -0.367 e. The molecule has 6 heteroatoms. The zero-order valence-corrected chi connectivity index (χ0v) is 9.55. The molecule has 0 saturated heterocycles. The van der Waals surface area contributed by atoms with Crippen molar-refractivity contribution < 1.29 is 9.31 Å². The standard InChI is InChI=1S/C12H10FN3O2/c1-14-12-11(16(17)18)7-6-10(15-12)8-2-4-9(13)5-3-8/h2-7H,1H3,(H,14,15). The molecule has 0 aliphatic heterocycles. The number of pyridine rings is 1. The molecule has 1 aromatic heterocycles. The highest BCUT2D eigenvalue weighted by atomic mass is 19.1. The van der Waals surface area contributed by atoms with E-state index in [4.69, 9.17) is 0 Å². The zero-order valence-electron chi connectivity index (χ0n) is 9.55. The summed E-state index contributed by atoms with van der Waals surface area (Å²) >= 11 is 0. The van der Waals surface area contributed by atoms with Crippen molar-refractivity contribution in [2.75, 3.05) is 12.4 Å². The number of rotatable bonds is 3. The normalized spacial score (nSPS) is 10.1. The maximum absolute atomic E-state index is 12.8. The fourth-order valence-electron chi connectivity index (χ4n) is 1.56. The highest BCUT2D eigenvalue weighted by Crippen LogP contribution is 2.26. The third-order valence-electron chi connectivity index (χ3n) is 2.45. The van der Waals surface area contributed by atoms with E-state index in [0.717, 1.165) is 0 Å². The van der Waals surface area contributed by atoms with Crippen LogP contribution in [0.15, 0.2) is 36.4 Å². The smallest absolute Gasteiger partial charge is 0.311 e. The van der Waals surface area contributed by atoms with Gasteiger partial charge in [-0.1, -0.05) is 0 Å². The third-order valence-corrected chi connectivity index (χ3v) is 2.45. The molecule has 0 aliphatic rings. The number of benzene rings is 1. The van der Waals surface area contributed by atoms with E-state index in [2.05, 4.69) is 10.3 Å². The zero-order chi connectivity index (χ0) is 13.1. The summed E-state index contributed by atoms with van der Waals surface area (Å²) in [6.45, 7) is 0. The van der Waals surface area contributed by atoms with Gasteiger partial charge in [-0.25, -0.2) is 9.37 Å². The second-order valence-corrected chi connectivity index (χ2v) is 3.58. The van der Waals surface area contributed by atoms with Gasteiger partial charge in [-0.2, -0.15) is 0 Å². The molecular weight excluding hydrogens is 237 g/mol. The predicted octanol–water partition coefficient (Wildman–Crippen LogP) is 2.84. The number of aromatic nitrogens is 1. The van der Waals surface area contributed by atoms with Crippen LogP contribution >= 0.6 is 0 Å². The van der Waals surface area contributed by atoms with E-state index in [1.807, 2.05) is 0 Å². The fraction of sp³-hybridized carbons (Fsp3) is 0.0833. The molecule has 0 radical (unpaired) electrons. The Balaban J connectivity index is 2.47. The molecule has 0 spiro atoms. The molecule has 18 heavy (non-hydrogen) atoms. The van der Waals surface area contributed by atoms with Crippen LogP contribution in [0, 0.1) is 15.9 Å². The molecule has 2 rings (SSSR count). The van der Waals surface area contributed by atoms with Crippen LogP contribution in [0.4, 0.5) is 15.9 Å². The Morgan fingerprint density at radius 2 is 1.89 bits per heavy atom. The molecule has 0 fully saturated rings. The molecule has 0 amide bonds. The molecule has 1 aromatic carbocycles. The highest BCUT2D eigenvalue weighted by molar-refractivity contribution is 5.66. The van der Waals surface area contributed by atoms with E-state index < -0.39 is 4.92 Å². The second kappa shape index (κ2) is 4.79. The molecule has 2 aromatic rings. The number of hydrogen-bond donors (Lipinski definition) is 1. The summed E-state index contributed by atoms with van der Waals surface area (Å²) < 4.78 is 12.8. The maximum Gasteiger partial charge on any atom is 0.311 e. The van der Waals surface area contributed by atoms with Crippen molar-refractivity contribution in [3.63, 3.8) is 0 Å². The number of anilines is 1. The van der Waals surface area contributed by atoms with Gasteiger partial charge < -0.3 is 5.32 Å². The molecule has 0 unspecified atom stereocenters. The van der Waals surface area contributed by atoms with Gasteiger partial charge in [-0.05, 0) is 30.3 Å². The SMILES string of the molecule is CNc1nc(-c2ccc(F)cc2)ccc1[N+](=O)[O-]. The Bertz CT molecular complexity index is 584.